The summed E-state index contributed by atoms with van der Waals surface area (Å²) < 4.78 is 0. The Balaban J connectivity index is 1.99. The van der Waals surface area contributed by atoms with Crippen molar-refractivity contribution in [2.24, 2.45) is 5.73 Å². The van der Waals surface area contributed by atoms with Crippen LogP contribution in [0.4, 0.5) is 0 Å². The first-order valence-corrected chi connectivity index (χ1v) is 7.73. The van der Waals surface area contributed by atoms with Gasteiger partial charge < -0.3 is 5.73 Å². The molecule has 0 saturated carbocycles. The van der Waals surface area contributed by atoms with Crippen LogP contribution in [0.5, 0.6) is 0 Å². The lowest BCUT2D eigenvalue weighted by molar-refractivity contribution is 0.815. The molecule has 2 aromatic carbocycles. The molecule has 0 fully saturated rings. The maximum atomic E-state index is 5.91. The molecule has 0 heterocycles. The largest absolute Gasteiger partial charge is 0.324 e. The number of hydrogen-bond donors (Lipinski definition) is 1. The van der Waals surface area contributed by atoms with Gasteiger partial charge in [0.25, 0.3) is 0 Å². The van der Waals surface area contributed by atoms with Crippen LogP contribution >= 0.6 is 11.8 Å². The van der Waals surface area contributed by atoms with Crippen LogP contribution in [0.3, 0.4) is 0 Å². The van der Waals surface area contributed by atoms with Crippen molar-refractivity contribution in [2.75, 3.05) is 0 Å². The minimum absolute atomic E-state index is 0.101. The van der Waals surface area contributed by atoms with E-state index in [-0.39, 0.29) is 6.04 Å². The SMILES string of the molecule is CCc1ccc(CSc2cccc(C(C)N)c2)cc1. The van der Waals surface area contributed by atoms with Crippen molar-refractivity contribution >= 4 is 11.8 Å². The van der Waals surface area contributed by atoms with E-state index in [0.717, 1.165) is 12.2 Å². The van der Waals surface area contributed by atoms with Gasteiger partial charge in [0.1, 0.15) is 0 Å². The molecule has 0 bridgehead atoms. The molecule has 100 valence electrons. The molecule has 0 saturated heterocycles. The molecule has 1 unspecified atom stereocenters. The Morgan fingerprint density at radius 2 is 1.74 bits per heavy atom. The van der Waals surface area contributed by atoms with Crippen LogP contribution in [-0.2, 0) is 12.2 Å². The first kappa shape index (κ1) is 14.2. The van der Waals surface area contributed by atoms with Gasteiger partial charge in [-0.3, -0.25) is 0 Å². The number of nitrogens with two attached hydrogens (primary N) is 1. The number of benzene rings is 2. The summed E-state index contributed by atoms with van der Waals surface area (Å²) in [5, 5.41) is 0. The van der Waals surface area contributed by atoms with E-state index in [9.17, 15) is 0 Å². The van der Waals surface area contributed by atoms with E-state index >= 15 is 0 Å². The van der Waals surface area contributed by atoms with Gasteiger partial charge in [-0.2, -0.15) is 0 Å². The molecule has 0 spiro atoms. The fourth-order valence-corrected chi connectivity index (χ4v) is 2.85. The van der Waals surface area contributed by atoms with Crippen molar-refractivity contribution in [2.45, 2.75) is 37.0 Å². The second-order valence-electron chi connectivity index (χ2n) is 4.82. The summed E-state index contributed by atoms with van der Waals surface area (Å²) in [7, 11) is 0. The zero-order valence-electron chi connectivity index (χ0n) is 11.6. The van der Waals surface area contributed by atoms with Gasteiger partial charge in [0.15, 0.2) is 0 Å². The third-order valence-electron chi connectivity index (χ3n) is 3.22. The molecule has 2 heteroatoms. The highest BCUT2D eigenvalue weighted by Crippen LogP contribution is 2.25. The van der Waals surface area contributed by atoms with Crippen LogP contribution in [0, 0.1) is 0 Å². The lowest BCUT2D eigenvalue weighted by atomic mass is 10.1. The minimum Gasteiger partial charge on any atom is -0.324 e. The molecule has 0 aliphatic heterocycles. The quantitative estimate of drug-likeness (QED) is 0.807. The lowest BCUT2D eigenvalue weighted by Crippen LogP contribution is -2.04. The second-order valence-corrected chi connectivity index (χ2v) is 5.87. The van der Waals surface area contributed by atoms with Gasteiger partial charge in [0.2, 0.25) is 0 Å². The molecule has 0 aliphatic rings. The highest BCUT2D eigenvalue weighted by atomic mass is 32.2. The van der Waals surface area contributed by atoms with Crippen LogP contribution in [0.25, 0.3) is 0 Å². The summed E-state index contributed by atoms with van der Waals surface area (Å²) >= 11 is 1.86. The molecule has 2 rings (SSSR count). The van der Waals surface area contributed by atoms with Gasteiger partial charge in [0, 0.05) is 16.7 Å². The highest BCUT2D eigenvalue weighted by molar-refractivity contribution is 7.98. The molecular formula is C17H21NS. The van der Waals surface area contributed by atoms with Crippen LogP contribution in [0.15, 0.2) is 53.4 Å². The van der Waals surface area contributed by atoms with Crippen LogP contribution in [0.1, 0.15) is 36.6 Å². The van der Waals surface area contributed by atoms with Gasteiger partial charge in [0.05, 0.1) is 0 Å². The molecule has 1 nitrogen and oxygen atoms in total. The number of aryl methyl sites for hydroxylation is 1. The fourth-order valence-electron chi connectivity index (χ4n) is 1.93. The third-order valence-corrected chi connectivity index (χ3v) is 4.29. The van der Waals surface area contributed by atoms with Crippen molar-refractivity contribution in [3.63, 3.8) is 0 Å². The van der Waals surface area contributed by atoms with Crippen LogP contribution < -0.4 is 5.73 Å². The Kier molecular flexibility index (Phi) is 5.06. The van der Waals surface area contributed by atoms with Crippen molar-refractivity contribution in [3.8, 4) is 0 Å². The van der Waals surface area contributed by atoms with Crippen molar-refractivity contribution in [1.29, 1.82) is 0 Å². The Hall–Kier alpha value is -1.25. The van der Waals surface area contributed by atoms with Gasteiger partial charge in [-0.05, 0) is 42.2 Å². The molecule has 0 aromatic heterocycles. The first-order chi connectivity index (χ1) is 9.19. The van der Waals surface area contributed by atoms with E-state index in [0.29, 0.717) is 0 Å². The number of hydrogen-bond acceptors (Lipinski definition) is 2. The van der Waals surface area contributed by atoms with E-state index in [1.54, 1.807) is 0 Å². The average molecular weight is 271 g/mol. The van der Waals surface area contributed by atoms with Crippen molar-refractivity contribution in [1.82, 2.24) is 0 Å². The summed E-state index contributed by atoms with van der Waals surface area (Å²) in [5.41, 5.74) is 9.88. The Morgan fingerprint density at radius 1 is 1.05 bits per heavy atom. The zero-order valence-corrected chi connectivity index (χ0v) is 12.4. The molecule has 19 heavy (non-hydrogen) atoms. The molecule has 0 amide bonds. The minimum atomic E-state index is 0.101. The number of rotatable bonds is 5. The summed E-state index contributed by atoms with van der Waals surface area (Å²) in [5.74, 6) is 1.01. The predicted molar refractivity (Wildman–Crippen MR) is 84.4 cm³/mol. The summed E-state index contributed by atoms with van der Waals surface area (Å²) in [6, 6.07) is 17.5. The Bertz CT molecular complexity index is 517. The molecule has 2 N–H and O–H groups in total. The molecule has 0 aliphatic carbocycles. The van der Waals surface area contributed by atoms with E-state index in [1.807, 2.05) is 18.7 Å². The van der Waals surface area contributed by atoms with Crippen LogP contribution in [0.2, 0.25) is 0 Å². The average Bonchev–Trinajstić information content (AvgIpc) is 2.46. The topological polar surface area (TPSA) is 26.0 Å². The fraction of sp³-hybridized carbons (Fsp3) is 0.294. The summed E-state index contributed by atoms with van der Waals surface area (Å²) in [6.07, 6.45) is 1.10. The van der Waals surface area contributed by atoms with Gasteiger partial charge >= 0.3 is 0 Å². The Labute approximate surface area is 120 Å². The molecule has 1 atom stereocenters. The Morgan fingerprint density at radius 3 is 2.37 bits per heavy atom. The third kappa shape index (κ3) is 4.12. The maximum Gasteiger partial charge on any atom is 0.0266 e. The lowest BCUT2D eigenvalue weighted by Gasteiger charge is -2.08. The number of thioether (sulfide) groups is 1. The maximum absolute atomic E-state index is 5.91. The second kappa shape index (κ2) is 6.78. The van der Waals surface area contributed by atoms with E-state index in [2.05, 4.69) is 55.5 Å². The monoisotopic (exact) mass is 271 g/mol. The van der Waals surface area contributed by atoms with E-state index in [4.69, 9.17) is 5.73 Å². The van der Waals surface area contributed by atoms with Crippen LogP contribution in [-0.4, -0.2) is 0 Å². The molecule has 0 radical (unpaired) electrons. The standard InChI is InChI=1S/C17H21NS/c1-3-14-7-9-15(10-8-14)12-19-17-6-4-5-16(11-17)13(2)18/h4-11,13H,3,12,18H2,1-2H3. The summed E-state index contributed by atoms with van der Waals surface area (Å²) in [6.45, 7) is 4.20. The van der Waals surface area contributed by atoms with Crippen molar-refractivity contribution in [3.05, 3.63) is 65.2 Å². The zero-order chi connectivity index (χ0) is 13.7. The smallest absolute Gasteiger partial charge is 0.0266 e. The highest BCUT2D eigenvalue weighted by Gasteiger charge is 2.01. The molecular weight excluding hydrogens is 250 g/mol. The van der Waals surface area contributed by atoms with Gasteiger partial charge in [-0.25, -0.2) is 0 Å². The normalized spacial score (nSPS) is 12.4. The summed E-state index contributed by atoms with van der Waals surface area (Å²) in [4.78, 5) is 1.29. The molecule has 2 aromatic rings. The van der Waals surface area contributed by atoms with Gasteiger partial charge in [-0.1, -0.05) is 43.3 Å². The first-order valence-electron chi connectivity index (χ1n) is 6.75. The predicted octanol–water partition coefficient (Wildman–Crippen LogP) is 4.56. The van der Waals surface area contributed by atoms with Crippen molar-refractivity contribution < 1.29 is 0 Å². The van der Waals surface area contributed by atoms with E-state index in [1.165, 1.54) is 21.6 Å². The van der Waals surface area contributed by atoms with Gasteiger partial charge in [-0.15, -0.1) is 11.8 Å². The van der Waals surface area contributed by atoms with E-state index < -0.39 is 0 Å².